The van der Waals surface area contributed by atoms with Gasteiger partial charge < -0.3 is 4.55 Å². The van der Waals surface area contributed by atoms with Crippen molar-refractivity contribution in [3.63, 3.8) is 0 Å². The van der Waals surface area contributed by atoms with Crippen molar-refractivity contribution in [1.29, 1.82) is 0 Å². The summed E-state index contributed by atoms with van der Waals surface area (Å²) in [4.78, 5) is 0. The first-order chi connectivity index (χ1) is 2.00. The van der Waals surface area contributed by atoms with Gasteiger partial charge in [0.15, 0.2) is 0 Å². The molecule has 31 valence electrons. The maximum atomic E-state index is 9.20. The summed E-state index contributed by atoms with van der Waals surface area (Å²) < 4.78 is 25.9. The van der Waals surface area contributed by atoms with Gasteiger partial charge in [-0.15, -0.1) is 0 Å². The molecule has 6 heavy (non-hydrogen) atoms. The van der Waals surface area contributed by atoms with Crippen LogP contribution in [0.2, 0.25) is 0 Å². The van der Waals surface area contributed by atoms with E-state index < -0.39 is 8.48 Å². The minimum atomic E-state index is -3.64. The average Bonchev–Trinajstić information content (AvgIpc) is 0.722. The maximum absolute atomic E-state index is 9.20. The zero-order valence-corrected chi connectivity index (χ0v) is 4.61. The monoisotopic (exact) mass is 133 g/mol. The Morgan fingerprint density at radius 1 is 1.50 bits per heavy atom. The first-order valence-corrected chi connectivity index (χ1v) is 4.15. The van der Waals surface area contributed by atoms with E-state index in [1.54, 1.807) is 0 Å². The molecular formula is H3AlNaO3S. The van der Waals surface area contributed by atoms with Crippen molar-refractivity contribution < 1.29 is 13.0 Å². The Hall–Kier alpha value is 1.44. The van der Waals surface area contributed by atoms with Crippen LogP contribution in [0.4, 0.5) is 0 Å². The van der Waals surface area contributed by atoms with Crippen molar-refractivity contribution >= 4 is 53.2 Å². The van der Waals surface area contributed by atoms with Crippen molar-refractivity contribution in [3.05, 3.63) is 0 Å². The number of hydrogen-bond donors (Lipinski definition) is 1. The molecule has 0 amide bonds. The summed E-state index contributed by atoms with van der Waals surface area (Å²) in [7, 11) is -3.64. The van der Waals surface area contributed by atoms with Crippen LogP contribution in [-0.2, 0) is 8.48 Å². The van der Waals surface area contributed by atoms with Gasteiger partial charge in [-0.3, -0.25) is 0 Å². The second kappa shape index (κ2) is 3.45. The normalized spacial score (nSPS) is 9.50. The molecule has 0 unspecified atom stereocenters. The SMILES string of the molecule is O=[S](=O)(O)[AlH].[NaH]. The molecule has 0 aromatic carbocycles. The molecule has 0 heterocycles. The molecule has 0 aliphatic heterocycles. The van der Waals surface area contributed by atoms with E-state index in [1.807, 2.05) is 0 Å². The Balaban J connectivity index is 0. The summed E-state index contributed by atoms with van der Waals surface area (Å²) in [5.74, 6) is 0. The molecule has 0 atom stereocenters. The molecule has 0 aromatic heterocycles. The fraction of sp³-hybridized carbons (Fsp3) is 0. The van der Waals surface area contributed by atoms with Gasteiger partial charge in [-0.05, 0) is 0 Å². The topological polar surface area (TPSA) is 54.4 Å². The van der Waals surface area contributed by atoms with Gasteiger partial charge in [0.05, 0.1) is 0 Å². The van der Waals surface area contributed by atoms with Crippen molar-refractivity contribution in [2.45, 2.75) is 0 Å². The standard InChI is InChI=1S/Al.Na.HO3S.2H/c;;1-4(2)3;;/h;;(H,1,2,3);;. The van der Waals surface area contributed by atoms with Crippen LogP contribution < -0.4 is 0 Å². The number of rotatable bonds is 0. The van der Waals surface area contributed by atoms with Crippen LogP contribution in [0.5, 0.6) is 0 Å². The van der Waals surface area contributed by atoms with Crippen LogP contribution >= 0.6 is 0 Å². The molecule has 6 heteroatoms. The molecule has 1 radical (unpaired) electrons. The molecule has 0 fully saturated rings. The Morgan fingerprint density at radius 2 is 1.50 bits per heavy atom. The minimum absolute atomic E-state index is 0. The summed E-state index contributed by atoms with van der Waals surface area (Å²) in [6.07, 6.45) is 0. The molecule has 1 N–H and O–H groups in total. The van der Waals surface area contributed by atoms with Gasteiger partial charge in [-0.1, -0.05) is 0 Å². The van der Waals surface area contributed by atoms with E-state index in [1.165, 1.54) is 0 Å². The van der Waals surface area contributed by atoms with E-state index >= 15 is 0 Å². The molecule has 0 saturated carbocycles. The van der Waals surface area contributed by atoms with Gasteiger partial charge in [0.25, 0.3) is 0 Å². The Bertz CT molecular complexity index is 94.0. The molecule has 3 nitrogen and oxygen atoms in total. The molecule has 0 aliphatic carbocycles. The molecule has 0 bridgehead atoms. The van der Waals surface area contributed by atoms with E-state index in [4.69, 9.17) is 4.55 Å². The quantitative estimate of drug-likeness (QED) is 0.308. The van der Waals surface area contributed by atoms with Crippen molar-refractivity contribution in [2.75, 3.05) is 0 Å². The summed E-state index contributed by atoms with van der Waals surface area (Å²) in [6, 6.07) is 0. The Morgan fingerprint density at radius 3 is 1.50 bits per heavy atom. The fourth-order valence-electron chi connectivity index (χ4n) is 0. The average molecular weight is 133 g/mol. The van der Waals surface area contributed by atoms with Crippen molar-refractivity contribution in [1.82, 2.24) is 0 Å². The summed E-state index contributed by atoms with van der Waals surface area (Å²) >= 11 is 0.539. The van der Waals surface area contributed by atoms with Gasteiger partial charge in [0.2, 0.25) is 0 Å². The predicted molar refractivity (Wildman–Crippen MR) is 25.8 cm³/mol. The first-order valence-electron chi connectivity index (χ1n) is 0.805. The summed E-state index contributed by atoms with van der Waals surface area (Å²) in [5.41, 5.74) is 0. The van der Waals surface area contributed by atoms with E-state index in [0.717, 1.165) is 0 Å². The number of hydrogen-bond acceptors (Lipinski definition) is 2. The molecule has 0 rings (SSSR count). The second-order valence-corrected chi connectivity index (χ2v) is 3.93. The van der Waals surface area contributed by atoms with Crippen molar-refractivity contribution in [2.24, 2.45) is 0 Å². The zero-order valence-electron chi connectivity index (χ0n) is 2.38. The predicted octanol–water partition coefficient (Wildman–Crippen LogP) is -1.96. The van der Waals surface area contributed by atoms with Gasteiger partial charge >= 0.3 is 44.7 Å². The van der Waals surface area contributed by atoms with E-state index in [0.29, 0.717) is 15.2 Å². The van der Waals surface area contributed by atoms with E-state index in [2.05, 4.69) is 0 Å². The van der Waals surface area contributed by atoms with Gasteiger partial charge in [-0.25, -0.2) is 8.42 Å². The van der Waals surface area contributed by atoms with Crippen LogP contribution in [-0.4, -0.2) is 57.7 Å². The Labute approximate surface area is 65.6 Å². The third-order valence-corrected chi connectivity index (χ3v) is 0. The van der Waals surface area contributed by atoms with Crippen LogP contribution in [0.25, 0.3) is 0 Å². The molecule has 0 aromatic rings. The zero-order chi connectivity index (χ0) is 4.50. The molecule has 0 spiro atoms. The Kier molecular flexibility index (Phi) is 5.99. The molecule has 0 aliphatic rings. The van der Waals surface area contributed by atoms with Gasteiger partial charge in [0.1, 0.15) is 8.48 Å². The third kappa shape index (κ3) is 51.6. The second-order valence-electron chi connectivity index (χ2n) is 0.582. The van der Waals surface area contributed by atoms with Crippen LogP contribution in [0.1, 0.15) is 0 Å². The molecular weight excluding hydrogens is 130 g/mol. The first kappa shape index (κ1) is 10.4. The summed E-state index contributed by atoms with van der Waals surface area (Å²) in [6.45, 7) is 0. The van der Waals surface area contributed by atoms with E-state index in [9.17, 15) is 8.42 Å². The van der Waals surface area contributed by atoms with Crippen molar-refractivity contribution in [3.8, 4) is 0 Å². The van der Waals surface area contributed by atoms with Gasteiger partial charge in [0, 0.05) is 0 Å². The third-order valence-electron chi connectivity index (χ3n) is 0. The van der Waals surface area contributed by atoms with Crippen LogP contribution in [0.15, 0.2) is 0 Å². The van der Waals surface area contributed by atoms with Crippen LogP contribution in [0, 0.1) is 0 Å². The molecule has 0 saturated heterocycles. The van der Waals surface area contributed by atoms with Crippen LogP contribution in [0.3, 0.4) is 0 Å². The van der Waals surface area contributed by atoms with E-state index in [-0.39, 0.29) is 29.6 Å². The summed E-state index contributed by atoms with van der Waals surface area (Å²) in [5, 5.41) is 0. The fourth-order valence-corrected chi connectivity index (χ4v) is 0. The van der Waals surface area contributed by atoms with Gasteiger partial charge in [-0.2, -0.15) is 0 Å².